The maximum Gasteiger partial charge on any atom is 0.411 e. The molecule has 0 aromatic rings. The van der Waals surface area contributed by atoms with Crippen molar-refractivity contribution in [1.29, 1.82) is 0 Å². The molecule has 0 bridgehead atoms. The molecule has 0 radical (unpaired) electrons. The number of allylic oxidation sites excluding steroid dienone is 5. The second-order valence-corrected chi connectivity index (χ2v) is 6.47. The summed E-state index contributed by atoms with van der Waals surface area (Å²) in [5.41, 5.74) is 9.41. The van der Waals surface area contributed by atoms with E-state index < -0.39 is 6.09 Å². The van der Waals surface area contributed by atoms with Gasteiger partial charge in [0.1, 0.15) is 11.9 Å². The molecule has 0 aromatic carbocycles. The van der Waals surface area contributed by atoms with Crippen molar-refractivity contribution in [2.75, 3.05) is 14.2 Å². The number of methoxy groups -OCH3 is 1. The quantitative estimate of drug-likeness (QED) is 0.261. The number of alkyl carbamates (subject to hydrolysis) is 1. The van der Waals surface area contributed by atoms with Crippen molar-refractivity contribution in [1.82, 2.24) is 16.2 Å². The maximum atomic E-state index is 12.3. The Morgan fingerprint density at radius 1 is 1.19 bits per heavy atom. The lowest BCUT2D eigenvalue weighted by atomic mass is 10.1. The van der Waals surface area contributed by atoms with Gasteiger partial charge in [-0.15, -0.1) is 0 Å². The lowest BCUT2D eigenvalue weighted by molar-refractivity contribution is 0.104. The smallest absolute Gasteiger partial charge is 0.411 e. The number of carbonyl (C=O) groups is 1. The van der Waals surface area contributed by atoms with Crippen LogP contribution in [0, 0.1) is 0 Å². The van der Waals surface area contributed by atoms with Gasteiger partial charge in [-0.3, -0.25) is 5.32 Å². The Hall–Kier alpha value is -2.21. The summed E-state index contributed by atoms with van der Waals surface area (Å²) in [6, 6.07) is 0. The summed E-state index contributed by atoms with van der Waals surface area (Å²) < 4.78 is 10.7. The van der Waals surface area contributed by atoms with Gasteiger partial charge in [0.15, 0.2) is 0 Å². The predicted molar refractivity (Wildman–Crippen MR) is 112 cm³/mol. The molecule has 0 heterocycles. The fourth-order valence-electron chi connectivity index (χ4n) is 2.51. The SMILES string of the molecule is C=C(C)\C(=C/C=C(C)/C(NNC)=C(/CCC)NC(=O)OC(C)CCC)OC. The highest BCUT2D eigenvalue weighted by Gasteiger charge is 2.14. The minimum Gasteiger partial charge on any atom is -0.497 e. The molecule has 6 heteroatoms. The van der Waals surface area contributed by atoms with Crippen molar-refractivity contribution in [2.24, 2.45) is 0 Å². The zero-order chi connectivity index (χ0) is 20.8. The Kier molecular flexibility index (Phi) is 12.8. The highest BCUT2D eigenvalue weighted by molar-refractivity contribution is 5.70. The normalized spacial score (nSPS) is 14.2. The number of hydrogen-bond donors (Lipinski definition) is 3. The molecule has 0 aromatic heterocycles. The van der Waals surface area contributed by atoms with Crippen molar-refractivity contribution < 1.29 is 14.3 Å². The molecule has 0 fully saturated rings. The molecule has 0 saturated heterocycles. The molecule has 0 aliphatic rings. The van der Waals surface area contributed by atoms with E-state index >= 15 is 0 Å². The first-order valence-electron chi connectivity index (χ1n) is 9.52. The molecule has 1 amide bonds. The molecule has 0 aliphatic carbocycles. The molecule has 0 rings (SSSR count). The van der Waals surface area contributed by atoms with Gasteiger partial charge < -0.3 is 14.9 Å². The van der Waals surface area contributed by atoms with Crippen molar-refractivity contribution >= 4 is 6.09 Å². The van der Waals surface area contributed by atoms with Gasteiger partial charge in [-0.2, -0.15) is 0 Å². The first-order valence-corrected chi connectivity index (χ1v) is 9.52. The van der Waals surface area contributed by atoms with Crippen LogP contribution in [-0.2, 0) is 9.47 Å². The van der Waals surface area contributed by atoms with Crippen LogP contribution in [0.1, 0.15) is 60.3 Å². The molecule has 0 saturated carbocycles. The molecule has 0 spiro atoms. The van der Waals surface area contributed by atoms with Crippen LogP contribution in [0.3, 0.4) is 0 Å². The monoisotopic (exact) mass is 379 g/mol. The lowest BCUT2D eigenvalue weighted by Crippen LogP contribution is -2.34. The number of amides is 1. The first kappa shape index (κ1) is 24.8. The summed E-state index contributed by atoms with van der Waals surface area (Å²) >= 11 is 0. The topological polar surface area (TPSA) is 71.6 Å². The molecular formula is C21H37N3O3. The van der Waals surface area contributed by atoms with Crippen molar-refractivity contribution in [2.45, 2.75) is 66.4 Å². The Labute approximate surface area is 164 Å². The number of nitrogens with one attached hydrogen (secondary N) is 3. The number of hydrogen-bond acceptors (Lipinski definition) is 5. The Morgan fingerprint density at radius 2 is 1.85 bits per heavy atom. The van der Waals surface area contributed by atoms with Gasteiger partial charge in [-0.05, 0) is 50.8 Å². The van der Waals surface area contributed by atoms with Gasteiger partial charge in [0.2, 0.25) is 0 Å². The standard InChI is InChI=1S/C21H37N3O3/c1-9-11-17(6)27-21(25)23-18(12-10-2)20(24-22-7)16(5)13-14-19(26-8)15(3)4/h13-14,17,22,24H,3,9-12H2,1-2,4-8H3,(H,23,25)/b16-13+,19-14+,20-18+. The van der Waals surface area contributed by atoms with E-state index in [1.807, 2.05) is 32.9 Å². The average molecular weight is 380 g/mol. The summed E-state index contributed by atoms with van der Waals surface area (Å²) in [6.07, 6.45) is 6.64. The van der Waals surface area contributed by atoms with Crippen molar-refractivity contribution in [3.8, 4) is 0 Å². The van der Waals surface area contributed by atoms with E-state index in [0.717, 1.165) is 41.8 Å². The van der Waals surface area contributed by atoms with E-state index in [1.165, 1.54) is 0 Å². The predicted octanol–water partition coefficient (Wildman–Crippen LogP) is 4.69. The van der Waals surface area contributed by atoms with Crippen LogP contribution in [0.5, 0.6) is 0 Å². The fraction of sp³-hybridized carbons (Fsp3) is 0.571. The third kappa shape index (κ3) is 9.89. The summed E-state index contributed by atoms with van der Waals surface area (Å²) in [4.78, 5) is 12.3. The molecule has 6 nitrogen and oxygen atoms in total. The minimum atomic E-state index is -0.433. The largest absolute Gasteiger partial charge is 0.497 e. The summed E-state index contributed by atoms with van der Waals surface area (Å²) in [6.45, 7) is 13.8. The zero-order valence-corrected chi connectivity index (χ0v) is 18.0. The van der Waals surface area contributed by atoms with Gasteiger partial charge in [0.05, 0.1) is 12.8 Å². The molecule has 1 atom stereocenters. The molecule has 0 aliphatic heterocycles. The number of ether oxygens (including phenoxy) is 2. The van der Waals surface area contributed by atoms with Crippen LogP contribution in [0.25, 0.3) is 0 Å². The van der Waals surface area contributed by atoms with Crippen LogP contribution in [0.4, 0.5) is 4.79 Å². The maximum absolute atomic E-state index is 12.3. The number of carbonyl (C=O) groups excluding carboxylic acids is 1. The fourth-order valence-corrected chi connectivity index (χ4v) is 2.51. The molecule has 27 heavy (non-hydrogen) atoms. The van der Waals surface area contributed by atoms with Crippen LogP contribution in [0.15, 0.2) is 47.0 Å². The summed E-state index contributed by atoms with van der Waals surface area (Å²) in [7, 11) is 3.40. The van der Waals surface area contributed by atoms with E-state index in [2.05, 4.69) is 36.6 Å². The number of hydrazine groups is 1. The number of rotatable bonds is 12. The molecular weight excluding hydrogens is 342 g/mol. The molecule has 154 valence electrons. The van der Waals surface area contributed by atoms with E-state index in [4.69, 9.17) is 9.47 Å². The highest BCUT2D eigenvalue weighted by atomic mass is 16.6. The Bertz CT molecular complexity index is 577. The van der Waals surface area contributed by atoms with Crippen LogP contribution < -0.4 is 16.2 Å². The third-order valence-corrected chi connectivity index (χ3v) is 3.83. The zero-order valence-electron chi connectivity index (χ0n) is 18.0. The Morgan fingerprint density at radius 3 is 2.33 bits per heavy atom. The Balaban J connectivity index is 5.66. The minimum absolute atomic E-state index is 0.113. The second kappa shape index (κ2) is 13.9. The van der Waals surface area contributed by atoms with E-state index in [9.17, 15) is 4.79 Å². The highest BCUT2D eigenvalue weighted by Crippen LogP contribution is 2.16. The summed E-state index contributed by atoms with van der Waals surface area (Å²) in [5, 5.41) is 2.90. The molecule has 3 N–H and O–H groups in total. The second-order valence-electron chi connectivity index (χ2n) is 6.47. The lowest BCUT2D eigenvalue weighted by Gasteiger charge is -2.19. The van der Waals surface area contributed by atoms with Crippen molar-refractivity contribution in [3.63, 3.8) is 0 Å². The van der Waals surface area contributed by atoms with Crippen molar-refractivity contribution in [3.05, 3.63) is 47.0 Å². The van der Waals surface area contributed by atoms with Crippen LogP contribution in [-0.4, -0.2) is 26.4 Å². The van der Waals surface area contributed by atoms with Gasteiger partial charge in [0.25, 0.3) is 0 Å². The van der Waals surface area contributed by atoms with E-state index in [1.54, 1.807) is 14.2 Å². The average Bonchev–Trinajstić information content (AvgIpc) is 2.59. The van der Waals surface area contributed by atoms with Gasteiger partial charge in [-0.1, -0.05) is 39.3 Å². The van der Waals surface area contributed by atoms with Crippen LogP contribution in [0.2, 0.25) is 0 Å². The van der Waals surface area contributed by atoms with Gasteiger partial charge in [-0.25, -0.2) is 10.2 Å². The van der Waals surface area contributed by atoms with E-state index in [0.29, 0.717) is 12.2 Å². The van der Waals surface area contributed by atoms with E-state index in [-0.39, 0.29) is 6.10 Å². The first-order chi connectivity index (χ1) is 12.8. The van der Waals surface area contributed by atoms with Gasteiger partial charge >= 0.3 is 6.09 Å². The van der Waals surface area contributed by atoms with Gasteiger partial charge in [0, 0.05) is 12.7 Å². The summed E-state index contributed by atoms with van der Waals surface area (Å²) in [5.74, 6) is 0.705. The van der Waals surface area contributed by atoms with Crippen LogP contribution >= 0.6 is 0 Å². The third-order valence-electron chi connectivity index (χ3n) is 3.83. The molecule has 1 unspecified atom stereocenters.